The van der Waals surface area contributed by atoms with E-state index in [9.17, 15) is 8.42 Å². The third-order valence-electron chi connectivity index (χ3n) is 2.57. The lowest BCUT2D eigenvalue weighted by atomic mass is 10.3. The smallest absolute Gasteiger partial charge is 0.240 e. The first-order valence-corrected chi connectivity index (χ1v) is 9.14. The van der Waals surface area contributed by atoms with Crippen LogP contribution in [0, 0.1) is 0 Å². The molecule has 20 heavy (non-hydrogen) atoms. The molecule has 0 aliphatic carbocycles. The van der Waals surface area contributed by atoms with Crippen LogP contribution in [0.25, 0.3) is 0 Å². The summed E-state index contributed by atoms with van der Waals surface area (Å²) in [6, 6.07) is 8.23. The third kappa shape index (κ3) is 3.95. The number of sulfonamides is 1. The largest absolute Gasteiger partial charge is 0.398 e. The van der Waals surface area contributed by atoms with E-state index >= 15 is 0 Å². The van der Waals surface area contributed by atoms with Gasteiger partial charge >= 0.3 is 0 Å². The molecule has 4 nitrogen and oxygen atoms in total. The van der Waals surface area contributed by atoms with Crippen molar-refractivity contribution in [3.63, 3.8) is 0 Å². The molecule has 0 unspecified atom stereocenters. The summed E-state index contributed by atoms with van der Waals surface area (Å²) in [4.78, 5) is 1.19. The Morgan fingerprint density at radius 3 is 2.65 bits per heavy atom. The highest BCUT2D eigenvalue weighted by molar-refractivity contribution is 9.10. The fraction of sp³-hybridized carbons (Fsp3) is 0.167. The van der Waals surface area contributed by atoms with Crippen molar-refractivity contribution < 1.29 is 8.42 Å². The molecule has 0 spiro atoms. The predicted molar refractivity (Wildman–Crippen MR) is 86.8 cm³/mol. The van der Waals surface area contributed by atoms with Gasteiger partial charge in [-0.1, -0.05) is 11.6 Å². The minimum atomic E-state index is -3.54. The highest BCUT2D eigenvalue weighted by atomic mass is 79.9. The topological polar surface area (TPSA) is 72.2 Å². The number of nitrogen functional groups attached to an aromatic ring is 1. The van der Waals surface area contributed by atoms with Crippen LogP contribution in [0.1, 0.15) is 4.88 Å². The van der Waals surface area contributed by atoms with Gasteiger partial charge in [0.25, 0.3) is 0 Å². The van der Waals surface area contributed by atoms with Gasteiger partial charge in [0.05, 0.1) is 9.23 Å². The summed E-state index contributed by atoms with van der Waals surface area (Å²) in [5, 5.41) is 0. The molecule has 0 amide bonds. The first kappa shape index (κ1) is 15.8. The SMILES string of the molecule is Nc1cc(S(=O)(=O)NCCc2ccc(Cl)s2)ccc1Br. The van der Waals surface area contributed by atoms with Gasteiger partial charge in [0.2, 0.25) is 10.0 Å². The molecule has 0 aliphatic rings. The zero-order chi connectivity index (χ0) is 14.8. The van der Waals surface area contributed by atoms with Crippen LogP contribution in [0.5, 0.6) is 0 Å². The van der Waals surface area contributed by atoms with Gasteiger partial charge in [-0.2, -0.15) is 0 Å². The number of nitrogens with one attached hydrogen (secondary N) is 1. The average molecular weight is 396 g/mol. The van der Waals surface area contributed by atoms with E-state index < -0.39 is 10.0 Å². The van der Waals surface area contributed by atoms with Gasteiger partial charge in [0, 0.05) is 21.6 Å². The number of nitrogens with two attached hydrogens (primary N) is 1. The maximum atomic E-state index is 12.1. The third-order valence-corrected chi connectivity index (χ3v) is 6.04. The van der Waals surface area contributed by atoms with E-state index in [0.29, 0.717) is 27.5 Å². The Hall–Kier alpha value is -0.600. The second-order valence-electron chi connectivity index (χ2n) is 4.04. The van der Waals surface area contributed by atoms with Crippen molar-refractivity contribution >= 4 is 54.6 Å². The minimum absolute atomic E-state index is 0.155. The maximum Gasteiger partial charge on any atom is 0.240 e. The Bertz CT molecular complexity index is 716. The van der Waals surface area contributed by atoms with Gasteiger partial charge in [-0.3, -0.25) is 0 Å². The van der Waals surface area contributed by atoms with Crippen molar-refractivity contribution in [2.75, 3.05) is 12.3 Å². The van der Waals surface area contributed by atoms with Crippen molar-refractivity contribution in [2.24, 2.45) is 0 Å². The van der Waals surface area contributed by atoms with Crippen LogP contribution in [-0.2, 0) is 16.4 Å². The van der Waals surface area contributed by atoms with E-state index in [0.717, 1.165) is 4.88 Å². The maximum absolute atomic E-state index is 12.1. The molecule has 8 heteroatoms. The Labute approximate surface area is 135 Å². The fourth-order valence-electron chi connectivity index (χ4n) is 1.57. The second kappa shape index (κ2) is 6.44. The number of halogens is 2. The zero-order valence-corrected chi connectivity index (χ0v) is 14.2. The lowest BCUT2D eigenvalue weighted by Gasteiger charge is -2.07. The van der Waals surface area contributed by atoms with Gasteiger partial charge in [0.15, 0.2) is 0 Å². The molecule has 0 radical (unpaired) electrons. The van der Waals surface area contributed by atoms with Crippen LogP contribution in [0.15, 0.2) is 39.7 Å². The van der Waals surface area contributed by atoms with E-state index in [4.69, 9.17) is 17.3 Å². The summed E-state index contributed by atoms with van der Waals surface area (Å²) in [5.41, 5.74) is 6.07. The van der Waals surface area contributed by atoms with Gasteiger partial charge in [0.1, 0.15) is 0 Å². The number of rotatable bonds is 5. The monoisotopic (exact) mass is 394 g/mol. The Morgan fingerprint density at radius 2 is 2.05 bits per heavy atom. The summed E-state index contributed by atoms with van der Waals surface area (Å²) in [7, 11) is -3.54. The van der Waals surface area contributed by atoms with Crippen molar-refractivity contribution in [3.05, 3.63) is 44.0 Å². The highest BCUT2D eigenvalue weighted by Crippen LogP contribution is 2.23. The molecule has 1 aromatic heterocycles. The Kier molecular flexibility index (Phi) is 5.09. The first-order chi connectivity index (χ1) is 9.38. The van der Waals surface area contributed by atoms with Crippen LogP contribution in [0.4, 0.5) is 5.69 Å². The molecule has 3 N–H and O–H groups in total. The van der Waals surface area contributed by atoms with Crippen molar-refractivity contribution in [2.45, 2.75) is 11.3 Å². The molecule has 2 rings (SSSR count). The average Bonchev–Trinajstić information content (AvgIpc) is 2.78. The van der Waals surface area contributed by atoms with Crippen LogP contribution in [-0.4, -0.2) is 15.0 Å². The number of hydrogen-bond acceptors (Lipinski definition) is 4. The van der Waals surface area contributed by atoms with Crippen molar-refractivity contribution in [3.8, 4) is 0 Å². The van der Waals surface area contributed by atoms with Crippen LogP contribution in [0.2, 0.25) is 4.34 Å². The van der Waals surface area contributed by atoms with Crippen LogP contribution >= 0.6 is 38.9 Å². The molecule has 0 atom stereocenters. The Balaban J connectivity index is 2.02. The summed E-state index contributed by atoms with van der Waals surface area (Å²) in [5.74, 6) is 0. The summed E-state index contributed by atoms with van der Waals surface area (Å²) in [6.45, 7) is 0.315. The molecule has 0 fully saturated rings. The lowest BCUT2D eigenvalue weighted by Crippen LogP contribution is -2.25. The molecule has 1 heterocycles. The molecular weight excluding hydrogens is 384 g/mol. The molecule has 0 saturated carbocycles. The second-order valence-corrected chi connectivity index (χ2v) is 8.46. The van der Waals surface area contributed by atoms with E-state index in [1.807, 2.05) is 6.07 Å². The fourth-order valence-corrected chi connectivity index (χ4v) is 3.97. The summed E-state index contributed by atoms with van der Waals surface area (Å²) >= 11 is 10.5. The van der Waals surface area contributed by atoms with Gasteiger partial charge in [-0.05, 0) is 52.7 Å². The van der Waals surface area contributed by atoms with Crippen LogP contribution in [0.3, 0.4) is 0 Å². The van der Waals surface area contributed by atoms with Gasteiger partial charge < -0.3 is 5.73 Å². The van der Waals surface area contributed by atoms with Crippen LogP contribution < -0.4 is 10.5 Å². The quantitative estimate of drug-likeness (QED) is 0.763. The summed E-state index contributed by atoms with van der Waals surface area (Å²) < 4.78 is 28.1. The summed E-state index contributed by atoms with van der Waals surface area (Å²) in [6.07, 6.45) is 0.600. The molecule has 0 aliphatic heterocycles. The number of hydrogen-bond donors (Lipinski definition) is 2. The number of anilines is 1. The predicted octanol–water partition coefficient (Wildman–Crippen LogP) is 3.27. The zero-order valence-electron chi connectivity index (χ0n) is 10.3. The molecule has 1 aromatic carbocycles. The normalized spacial score (nSPS) is 11.7. The molecule has 2 aromatic rings. The van der Waals surface area contributed by atoms with E-state index in [2.05, 4.69) is 20.7 Å². The van der Waals surface area contributed by atoms with Gasteiger partial charge in [-0.25, -0.2) is 13.1 Å². The van der Waals surface area contributed by atoms with Gasteiger partial charge in [-0.15, -0.1) is 11.3 Å². The highest BCUT2D eigenvalue weighted by Gasteiger charge is 2.14. The number of benzene rings is 1. The molecule has 108 valence electrons. The minimum Gasteiger partial charge on any atom is -0.398 e. The van der Waals surface area contributed by atoms with E-state index in [1.165, 1.54) is 23.5 Å². The van der Waals surface area contributed by atoms with Crippen molar-refractivity contribution in [1.82, 2.24) is 4.72 Å². The molecular formula is C12H12BrClN2O2S2. The standard InChI is InChI=1S/C12H12BrClN2O2S2/c13-10-3-2-9(7-11(10)15)20(17,18)16-6-5-8-1-4-12(14)19-8/h1-4,7,16H,5-6,15H2. The number of thiophene rings is 1. The molecule has 0 bridgehead atoms. The van der Waals surface area contributed by atoms with E-state index in [-0.39, 0.29) is 4.90 Å². The first-order valence-electron chi connectivity index (χ1n) is 5.67. The Morgan fingerprint density at radius 1 is 1.30 bits per heavy atom. The lowest BCUT2D eigenvalue weighted by molar-refractivity contribution is 0.582. The van der Waals surface area contributed by atoms with E-state index in [1.54, 1.807) is 12.1 Å². The molecule has 0 saturated heterocycles. The van der Waals surface area contributed by atoms with Crippen molar-refractivity contribution in [1.29, 1.82) is 0 Å².